The Balaban J connectivity index is 1.15. The van der Waals surface area contributed by atoms with E-state index in [1.165, 1.54) is 0 Å². The van der Waals surface area contributed by atoms with E-state index in [2.05, 4.69) is 219 Å². The molecule has 1 heterocycles. The summed E-state index contributed by atoms with van der Waals surface area (Å²) in [5, 5.41) is 11.9. The summed E-state index contributed by atoms with van der Waals surface area (Å²) in [7, 11) is -4.92. The molecule has 0 fully saturated rings. The second kappa shape index (κ2) is 17.7. The summed E-state index contributed by atoms with van der Waals surface area (Å²) in [5.74, 6) is 0.550. The zero-order valence-corrected chi connectivity index (χ0v) is 40.5. The number of phosphoric ester groups is 1. The highest BCUT2D eigenvalue weighted by Crippen LogP contribution is 2.62. The van der Waals surface area contributed by atoms with Crippen LogP contribution in [0.2, 0.25) is 0 Å². The molecule has 5 heteroatoms. The third-order valence-corrected chi connectivity index (χ3v) is 15.1. The van der Waals surface area contributed by atoms with Crippen LogP contribution in [0.15, 0.2) is 219 Å². The second-order valence-electron chi connectivity index (χ2n) is 18.7. The van der Waals surface area contributed by atoms with Crippen molar-refractivity contribution in [2.45, 2.75) is 0 Å². The molecule has 13 rings (SSSR count). The van der Waals surface area contributed by atoms with Gasteiger partial charge in [-0.3, -0.25) is 4.89 Å². The zero-order chi connectivity index (χ0) is 49.2. The van der Waals surface area contributed by atoms with Crippen molar-refractivity contribution in [1.29, 1.82) is 0 Å². The van der Waals surface area contributed by atoms with Crippen LogP contribution in [0.3, 0.4) is 0 Å². The quantitative estimate of drug-likeness (QED) is 0.0937. The second-order valence-corrected chi connectivity index (χ2v) is 20.0. The monoisotopic (exact) mass is 956 g/mol. The fourth-order valence-corrected chi connectivity index (χ4v) is 11.7. The van der Waals surface area contributed by atoms with Gasteiger partial charge in [-0.05, 0) is 146 Å². The Hall–Kier alpha value is -9.05. The van der Waals surface area contributed by atoms with E-state index in [4.69, 9.17) is 9.05 Å². The summed E-state index contributed by atoms with van der Waals surface area (Å²) in [4.78, 5) is 12.3. The average molecular weight is 957 g/mol. The van der Waals surface area contributed by atoms with Crippen molar-refractivity contribution >= 4 is 109 Å². The summed E-state index contributed by atoms with van der Waals surface area (Å²) in [6, 6.07) is 71.3. The molecule has 0 unspecified atom stereocenters. The van der Waals surface area contributed by atoms with Crippen molar-refractivity contribution in [3.05, 3.63) is 253 Å². The predicted octanol–water partition coefficient (Wildman–Crippen LogP) is 19.1. The molecule has 12 aromatic carbocycles. The minimum Gasteiger partial charge on any atom is -0.394 e. The molecular weight excluding hydrogens is 912 g/mol. The smallest absolute Gasteiger partial charge is 0.394 e. The van der Waals surface area contributed by atoms with Gasteiger partial charge in [0, 0.05) is 22.3 Å². The number of rotatable bonds is 8. The van der Waals surface area contributed by atoms with Crippen molar-refractivity contribution in [3.63, 3.8) is 0 Å². The Morgan fingerprint density at radius 1 is 0.329 bits per heavy atom. The molecule has 0 aromatic heterocycles. The highest BCUT2D eigenvalue weighted by Gasteiger charge is 2.38. The number of benzene rings is 12. The third-order valence-electron chi connectivity index (χ3n) is 14.3. The van der Waals surface area contributed by atoms with E-state index in [-0.39, 0.29) is 11.5 Å². The minimum atomic E-state index is -4.92. The van der Waals surface area contributed by atoms with E-state index in [9.17, 15) is 4.89 Å². The largest absolute Gasteiger partial charge is 0.584 e. The van der Waals surface area contributed by atoms with Gasteiger partial charge in [0.1, 0.15) is 11.5 Å². The van der Waals surface area contributed by atoms with Crippen LogP contribution < -0.4 is 9.05 Å². The van der Waals surface area contributed by atoms with E-state index in [0.717, 1.165) is 109 Å². The van der Waals surface area contributed by atoms with E-state index in [0.29, 0.717) is 22.3 Å². The molecule has 0 amide bonds. The molecule has 0 aliphatic carbocycles. The standard InChI is InChI=1S/C68H45O4P/c1-3-43-21-25-45(26-22-43)29-31-47-33-35-55-51(37-47)41-63(61-39-49-13-5-7-15-53(49)57-17-9-11-19-59(57)61)67-65(55)66-56-36-34-48(32-30-46-27-23-44(4-2)24-28-46)38-52(56)42-64(68(66)72-73(69,70)71-67)62-40-50-14-6-8-16-54(50)58-18-10-12-20-60(58)62/h3-42H,1-2H2,(H,69,70)/b31-29+,32-30+. The van der Waals surface area contributed by atoms with Gasteiger partial charge >= 0.3 is 7.82 Å². The maximum absolute atomic E-state index is 15.1. The van der Waals surface area contributed by atoms with Gasteiger partial charge in [-0.2, -0.15) is 0 Å². The zero-order valence-electron chi connectivity index (χ0n) is 39.6. The molecule has 0 bridgehead atoms. The Morgan fingerprint density at radius 3 is 1.07 bits per heavy atom. The number of hydrogen-bond acceptors (Lipinski definition) is 3. The lowest BCUT2D eigenvalue weighted by Crippen LogP contribution is -2.00. The van der Waals surface area contributed by atoms with Gasteiger partial charge in [0.15, 0.2) is 0 Å². The SMILES string of the molecule is C=Cc1ccc(/C=C/c2ccc3c4c(c(-c5cc6ccccc6c6ccccc56)cc3c2)OP(=O)(O)Oc2c(-c3cc5ccccc5c5ccccc35)cc3cc(/C=C/c5ccc(C=C)cc5)ccc3c2-4)cc1. The number of hydrogen-bond donors (Lipinski definition) is 1. The first-order valence-electron chi connectivity index (χ1n) is 24.4. The molecule has 0 saturated carbocycles. The van der Waals surface area contributed by atoms with Crippen LogP contribution in [-0.2, 0) is 4.57 Å². The van der Waals surface area contributed by atoms with Crippen molar-refractivity contribution in [3.8, 4) is 44.9 Å². The molecule has 0 saturated heterocycles. The van der Waals surface area contributed by atoms with E-state index >= 15 is 4.57 Å². The van der Waals surface area contributed by atoms with Crippen LogP contribution in [0.25, 0.3) is 134 Å². The highest BCUT2D eigenvalue weighted by atomic mass is 31.2. The maximum Gasteiger partial charge on any atom is 0.584 e. The average Bonchev–Trinajstić information content (AvgIpc) is 3.56. The molecule has 346 valence electrons. The summed E-state index contributed by atoms with van der Waals surface area (Å²) < 4.78 is 28.3. The molecule has 0 atom stereocenters. The summed E-state index contributed by atoms with van der Waals surface area (Å²) >= 11 is 0. The van der Waals surface area contributed by atoms with Crippen LogP contribution >= 0.6 is 7.82 Å². The summed E-state index contributed by atoms with van der Waals surface area (Å²) in [6.45, 7) is 7.84. The molecule has 12 aromatic rings. The summed E-state index contributed by atoms with van der Waals surface area (Å²) in [6.07, 6.45) is 12.1. The normalized spacial score (nSPS) is 13.1. The van der Waals surface area contributed by atoms with Crippen molar-refractivity contribution < 1.29 is 18.5 Å². The number of phosphoric acid groups is 1. The molecule has 1 aliphatic rings. The van der Waals surface area contributed by atoms with Gasteiger partial charge < -0.3 is 9.05 Å². The molecule has 4 nitrogen and oxygen atoms in total. The topological polar surface area (TPSA) is 55.8 Å². The van der Waals surface area contributed by atoms with Gasteiger partial charge in [-0.15, -0.1) is 0 Å². The van der Waals surface area contributed by atoms with Crippen LogP contribution in [-0.4, -0.2) is 4.89 Å². The molecule has 1 N–H and O–H groups in total. The molecule has 0 spiro atoms. The fourth-order valence-electron chi connectivity index (χ4n) is 10.8. The van der Waals surface area contributed by atoms with Crippen LogP contribution in [0.4, 0.5) is 0 Å². The first kappa shape index (κ1) is 43.9. The van der Waals surface area contributed by atoms with Gasteiger partial charge in [-0.25, -0.2) is 4.57 Å². The molecule has 0 radical (unpaired) electrons. The van der Waals surface area contributed by atoms with Crippen molar-refractivity contribution in [2.75, 3.05) is 0 Å². The van der Waals surface area contributed by atoms with Crippen LogP contribution in [0.1, 0.15) is 33.4 Å². The summed E-state index contributed by atoms with van der Waals surface area (Å²) in [5.41, 5.74) is 10.7. The lowest BCUT2D eigenvalue weighted by atomic mass is 9.84. The third kappa shape index (κ3) is 7.82. The van der Waals surface area contributed by atoms with Gasteiger partial charge in [-0.1, -0.05) is 219 Å². The Morgan fingerprint density at radius 2 is 0.658 bits per heavy atom. The first-order chi connectivity index (χ1) is 35.8. The van der Waals surface area contributed by atoms with Crippen LogP contribution in [0.5, 0.6) is 11.5 Å². The Bertz CT molecular complexity index is 4110. The van der Waals surface area contributed by atoms with E-state index in [1.54, 1.807) is 0 Å². The lowest BCUT2D eigenvalue weighted by Gasteiger charge is -2.21. The molecule has 73 heavy (non-hydrogen) atoms. The van der Waals surface area contributed by atoms with Gasteiger partial charge in [0.25, 0.3) is 0 Å². The van der Waals surface area contributed by atoms with E-state index < -0.39 is 7.82 Å². The van der Waals surface area contributed by atoms with Gasteiger partial charge in [0.2, 0.25) is 0 Å². The highest BCUT2D eigenvalue weighted by molar-refractivity contribution is 7.48. The van der Waals surface area contributed by atoms with Gasteiger partial charge in [0.05, 0.1) is 0 Å². The molecule has 1 aliphatic heterocycles. The molecular formula is C68H45O4P. The first-order valence-corrected chi connectivity index (χ1v) is 25.9. The van der Waals surface area contributed by atoms with E-state index in [1.807, 2.05) is 36.4 Å². The maximum atomic E-state index is 15.1. The minimum absolute atomic E-state index is 0.275. The predicted molar refractivity (Wildman–Crippen MR) is 310 cm³/mol. The Kier molecular flexibility index (Phi) is 10.6. The fraction of sp³-hybridized carbons (Fsp3) is 0. The van der Waals surface area contributed by atoms with Crippen molar-refractivity contribution in [1.82, 2.24) is 0 Å². The number of fused-ring (bicyclic) bond motifs is 13. The lowest BCUT2D eigenvalue weighted by molar-refractivity contribution is 0.295. The van der Waals surface area contributed by atoms with Crippen molar-refractivity contribution in [2.24, 2.45) is 0 Å². The van der Waals surface area contributed by atoms with Crippen LogP contribution in [0, 0.1) is 0 Å². The Labute approximate surface area is 423 Å².